The van der Waals surface area contributed by atoms with Gasteiger partial charge in [-0.3, -0.25) is 10.0 Å². The fourth-order valence-electron chi connectivity index (χ4n) is 2.75. The van der Waals surface area contributed by atoms with Crippen LogP contribution >= 0.6 is 0 Å². The SMILES string of the molecule is Cc1cc(Nc2cc(-c3ccccc3)[nH]n2)nc(-c2ccccc2OF)n1. The molecule has 134 valence electrons. The van der Waals surface area contributed by atoms with Crippen molar-refractivity contribution in [3.63, 3.8) is 0 Å². The summed E-state index contributed by atoms with van der Waals surface area (Å²) in [7, 11) is 0. The van der Waals surface area contributed by atoms with Gasteiger partial charge in [0.2, 0.25) is 0 Å². The minimum Gasteiger partial charge on any atom is -0.323 e. The van der Waals surface area contributed by atoms with Gasteiger partial charge in [-0.05, 0) is 24.6 Å². The van der Waals surface area contributed by atoms with Crippen molar-refractivity contribution in [3.05, 3.63) is 72.4 Å². The van der Waals surface area contributed by atoms with E-state index in [1.54, 1.807) is 24.3 Å². The van der Waals surface area contributed by atoms with E-state index < -0.39 is 0 Å². The van der Waals surface area contributed by atoms with Crippen molar-refractivity contribution in [3.8, 4) is 28.4 Å². The molecule has 0 aliphatic rings. The van der Waals surface area contributed by atoms with E-state index in [0.717, 1.165) is 17.0 Å². The molecule has 0 saturated carbocycles. The Labute approximate surface area is 155 Å². The molecular weight excluding hydrogens is 345 g/mol. The van der Waals surface area contributed by atoms with Gasteiger partial charge in [0.1, 0.15) is 5.82 Å². The number of anilines is 2. The van der Waals surface area contributed by atoms with E-state index >= 15 is 0 Å². The van der Waals surface area contributed by atoms with E-state index in [-0.39, 0.29) is 5.75 Å². The van der Waals surface area contributed by atoms with E-state index in [0.29, 0.717) is 23.0 Å². The summed E-state index contributed by atoms with van der Waals surface area (Å²) in [5, 5.41) is 10.4. The molecule has 2 N–H and O–H groups in total. The van der Waals surface area contributed by atoms with Crippen LogP contribution in [-0.4, -0.2) is 20.2 Å². The van der Waals surface area contributed by atoms with Crippen molar-refractivity contribution in [2.75, 3.05) is 5.32 Å². The molecule has 0 aliphatic carbocycles. The third-order valence-electron chi connectivity index (χ3n) is 3.98. The predicted octanol–water partition coefficient (Wildman–Crippen LogP) is 4.85. The lowest BCUT2D eigenvalue weighted by atomic mass is 10.1. The number of nitrogens with zero attached hydrogens (tertiary/aromatic N) is 3. The molecule has 7 heteroatoms. The standard InChI is InChI=1S/C20H16FN5O/c1-13-11-18(24-20(22-13)15-9-5-6-10-17(15)27-21)23-19-12-16(25-26-19)14-7-3-2-4-8-14/h2-12H,1H3,(H2,22,23,24,25,26). The lowest BCUT2D eigenvalue weighted by Crippen LogP contribution is -2.00. The van der Waals surface area contributed by atoms with Crippen molar-refractivity contribution in [1.82, 2.24) is 20.2 Å². The van der Waals surface area contributed by atoms with Gasteiger partial charge in [-0.25, -0.2) is 9.97 Å². The number of hydrogen-bond acceptors (Lipinski definition) is 5. The first kappa shape index (κ1) is 16.7. The second kappa shape index (κ2) is 7.25. The van der Waals surface area contributed by atoms with Crippen LogP contribution in [0.4, 0.5) is 16.2 Å². The summed E-state index contributed by atoms with van der Waals surface area (Å²) in [5.41, 5.74) is 3.13. The highest BCUT2D eigenvalue weighted by molar-refractivity contribution is 5.68. The summed E-state index contributed by atoms with van der Waals surface area (Å²) in [4.78, 5) is 12.8. The fourth-order valence-corrected chi connectivity index (χ4v) is 2.75. The minimum absolute atomic E-state index is 0.0696. The molecule has 2 aromatic carbocycles. The maximum Gasteiger partial charge on any atom is 0.182 e. The number of benzene rings is 2. The summed E-state index contributed by atoms with van der Waals surface area (Å²) in [5.74, 6) is 1.61. The number of hydrogen-bond donors (Lipinski definition) is 2. The van der Waals surface area contributed by atoms with Gasteiger partial charge in [-0.1, -0.05) is 42.5 Å². The van der Waals surface area contributed by atoms with Gasteiger partial charge in [0.05, 0.1) is 11.3 Å². The number of halogens is 1. The molecule has 0 fully saturated rings. The van der Waals surface area contributed by atoms with Gasteiger partial charge in [-0.15, -0.1) is 0 Å². The van der Waals surface area contributed by atoms with Crippen molar-refractivity contribution in [1.29, 1.82) is 0 Å². The first-order valence-corrected chi connectivity index (χ1v) is 8.34. The number of rotatable bonds is 5. The van der Waals surface area contributed by atoms with Gasteiger partial charge in [0, 0.05) is 22.4 Å². The van der Waals surface area contributed by atoms with Gasteiger partial charge in [-0.2, -0.15) is 5.10 Å². The molecule has 0 saturated heterocycles. The highest BCUT2D eigenvalue weighted by atomic mass is 19.3. The molecule has 0 unspecified atom stereocenters. The van der Waals surface area contributed by atoms with Crippen LogP contribution in [0, 0.1) is 6.92 Å². The van der Waals surface area contributed by atoms with Crippen molar-refractivity contribution in [2.24, 2.45) is 0 Å². The molecule has 27 heavy (non-hydrogen) atoms. The van der Waals surface area contributed by atoms with E-state index in [9.17, 15) is 4.53 Å². The molecule has 0 radical (unpaired) electrons. The summed E-state index contributed by atoms with van der Waals surface area (Å²) in [6.45, 7) is 1.84. The molecule has 0 spiro atoms. The molecule has 0 bridgehead atoms. The second-order valence-electron chi connectivity index (χ2n) is 5.95. The van der Waals surface area contributed by atoms with Crippen molar-refractivity contribution >= 4 is 11.6 Å². The van der Waals surface area contributed by atoms with Crippen LogP contribution in [0.15, 0.2) is 66.7 Å². The zero-order valence-electron chi connectivity index (χ0n) is 14.5. The Kier molecular flexibility index (Phi) is 4.49. The van der Waals surface area contributed by atoms with Gasteiger partial charge < -0.3 is 5.32 Å². The largest absolute Gasteiger partial charge is 0.323 e. The van der Waals surface area contributed by atoms with Crippen LogP contribution in [0.1, 0.15) is 5.69 Å². The van der Waals surface area contributed by atoms with Crippen LogP contribution in [-0.2, 0) is 0 Å². The molecule has 0 atom stereocenters. The maximum absolute atomic E-state index is 12.8. The van der Waals surface area contributed by atoms with Crippen LogP contribution in [0.3, 0.4) is 0 Å². The van der Waals surface area contributed by atoms with Crippen molar-refractivity contribution in [2.45, 2.75) is 6.92 Å². The monoisotopic (exact) mass is 361 g/mol. The van der Waals surface area contributed by atoms with Gasteiger partial charge >= 0.3 is 0 Å². The van der Waals surface area contributed by atoms with E-state index in [2.05, 4.69) is 30.4 Å². The Morgan fingerprint density at radius 1 is 0.926 bits per heavy atom. The first-order chi connectivity index (χ1) is 13.2. The Morgan fingerprint density at radius 2 is 1.70 bits per heavy atom. The topological polar surface area (TPSA) is 75.7 Å². The zero-order valence-corrected chi connectivity index (χ0v) is 14.5. The lowest BCUT2D eigenvalue weighted by molar-refractivity contribution is -0.00551. The minimum atomic E-state index is 0.0696. The number of para-hydroxylation sites is 1. The summed E-state index contributed by atoms with van der Waals surface area (Å²) in [6.07, 6.45) is 0. The molecule has 2 aromatic heterocycles. The van der Waals surface area contributed by atoms with E-state index in [4.69, 9.17) is 0 Å². The molecular formula is C20H16FN5O. The Balaban J connectivity index is 1.64. The molecule has 4 rings (SSSR count). The Morgan fingerprint density at radius 3 is 2.52 bits per heavy atom. The van der Waals surface area contributed by atoms with Crippen molar-refractivity contribution < 1.29 is 9.47 Å². The molecule has 4 aromatic rings. The molecule has 6 nitrogen and oxygen atoms in total. The molecule has 0 aliphatic heterocycles. The van der Waals surface area contributed by atoms with Crippen LogP contribution < -0.4 is 10.3 Å². The quantitative estimate of drug-likeness (QED) is 0.531. The summed E-state index contributed by atoms with van der Waals surface area (Å²) < 4.78 is 12.8. The van der Waals surface area contributed by atoms with E-state index in [1.165, 1.54) is 6.07 Å². The van der Waals surface area contributed by atoms with Gasteiger partial charge in [0.25, 0.3) is 0 Å². The van der Waals surface area contributed by atoms with Crippen LogP contribution in [0.5, 0.6) is 5.75 Å². The third kappa shape index (κ3) is 3.62. The third-order valence-corrected chi connectivity index (χ3v) is 3.98. The number of aromatic amines is 1. The normalized spacial score (nSPS) is 10.6. The first-order valence-electron chi connectivity index (χ1n) is 8.34. The van der Waals surface area contributed by atoms with Crippen LogP contribution in [0.25, 0.3) is 22.6 Å². The Bertz CT molecular complexity index is 1060. The highest BCUT2D eigenvalue weighted by Crippen LogP contribution is 2.29. The van der Waals surface area contributed by atoms with E-state index in [1.807, 2.05) is 43.3 Å². The van der Waals surface area contributed by atoms with Gasteiger partial charge in [0.15, 0.2) is 17.4 Å². The second-order valence-corrected chi connectivity index (χ2v) is 5.95. The maximum atomic E-state index is 12.8. The fraction of sp³-hybridized carbons (Fsp3) is 0.0500. The smallest absolute Gasteiger partial charge is 0.182 e. The average molecular weight is 361 g/mol. The zero-order chi connectivity index (χ0) is 18.6. The summed E-state index contributed by atoms with van der Waals surface area (Å²) >= 11 is 0. The summed E-state index contributed by atoms with van der Waals surface area (Å²) in [6, 6.07) is 20.3. The number of aryl methyl sites for hydroxylation is 1. The lowest BCUT2D eigenvalue weighted by Gasteiger charge is -2.08. The number of nitrogens with one attached hydrogen (secondary N) is 2. The average Bonchev–Trinajstić information content (AvgIpc) is 3.16. The number of H-pyrrole nitrogens is 1. The predicted molar refractivity (Wildman–Crippen MR) is 101 cm³/mol. The number of aromatic nitrogens is 4. The molecule has 2 heterocycles. The van der Waals surface area contributed by atoms with Crippen LogP contribution in [0.2, 0.25) is 0 Å². The molecule has 0 amide bonds. The Hall–Kier alpha value is -3.74. The highest BCUT2D eigenvalue weighted by Gasteiger charge is 2.12.